The molecule has 2 rings (SSSR count). The zero-order valence-corrected chi connectivity index (χ0v) is 12.5. The second-order valence-corrected chi connectivity index (χ2v) is 5.21. The number of benzene rings is 1. The maximum atomic E-state index is 6.04. The Morgan fingerprint density at radius 1 is 1.32 bits per heavy atom. The number of rotatable bonds is 4. The Labute approximate surface area is 119 Å². The van der Waals surface area contributed by atoms with E-state index in [1.54, 1.807) is 0 Å². The van der Waals surface area contributed by atoms with E-state index < -0.39 is 0 Å². The van der Waals surface area contributed by atoms with Crippen LogP contribution in [0.25, 0.3) is 11.1 Å². The largest absolute Gasteiger partial charge is 0.326 e. The number of nitrogens with zero attached hydrogens (tertiary/aromatic N) is 2. The van der Waals surface area contributed by atoms with Gasteiger partial charge in [0.2, 0.25) is 0 Å². The van der Waals surface area contributed by atoms with Crippen LogP contribution in [0.4, 0.5) is 0 Å². The van der Waals surface area contributed by atoms with Crippen molar-refractivity contribution in [3.63, 3.8) is 0 Å². The summed E-state index contributed by atoms with van der Waals surface area (Å²) in [5, 5.41) is 5.34. The zero-order valence-electron chi connectivity index (χ0n) is 11.7. The van der Waals surface area contributed by atoms with E-state index in [1.807, 2.05) is 25.1 Å². The van der Waals surface area contributed by atoms with E-state index in [2.05, 4.69) is 23.6 Å². The van der Waals surface area contributed by atoms with Crippen LogP contribution < -0.4 is 5.73 Å². The molecule has 0 aliphatic carbocycles. The average Bonchev–Trinajstić information content (AvgIpc) is 2.65. The second-order valence-electron chi connectivity index (χ2n) is 4.77. The van der Waals surface area contributed by atoms with E-state index in [0.717, 1.165) is 34.8 Å². The van der Waals surface area contributed by atoms with Gasteiger partial charge in [-0.25, -0.2) is 0 Å². The highest BCUT2D eigenvalue weighted by Gasteiger charge is 2.15. The molecule has 0 saturated heterocycles. The van der Waals surface area contributed by atoms with E-state index >= 15 is 0 Å². The molecular formula is C15H20ClN3. The van der Waals surface area contributed by atoms with E-state index in [0.29, 0.717) is 6.54 Å². The summed E-state index contributed by atoms with van der Waals surface area (Å²) in [6.45, 7) is 7.74. The van der Waals surface area contributed by atoms with E-state index in [4.69, 9.17) is 17.3 Å². The lowest BCUT2D eigenvalue weighted by Gasteiger charge is -2.09. The molecule has 0 aliphatic heterocycles. The van der Waals surface area contributed by atoms with Crippen molar-refractivity contribution in [2.75, 3.05) is 0 Å². The zero-order chi connectivity index (χ0) is 14.0. The fourth-order valence-electron chi connectivity index (χ4n) is 2.49. The summed E-state index contributed by atoms with van der Waals surface area (Å²) in [5.74, 6) is 0. The molecule has 0 saturated carbocycles. The van der Waals surface area contributed by atoms with Crippen LogP contribution in [0.1, 0.15) is 30.3 Å². The monoisotopic (exact) mass is 277 g/mol. The van der Waals surface area contributed by atoms with Gasteiger partial charge in [0.15, 0.2) is 0 Å². The van der Waals surface area contributed by atoms with Gasteiger partial charge in [-0.1, -0.05) is 24.6 Å². The molecule has 0 bridgehead atoms. The fraction of sp³-hybridized carbons (Fsp3) is 0.400. The smallest absolute Gasteiger partial charge is 0.0675 e. The molecule has 1 aromatic heterocycles. The van der Waals surface area contributed by atoms with E-state index in [1.165, 1.54) is 11.3 Å². The quantitative estimate of drug-likeness (QED) is 0.926. The lowest BCUT2D eigenvalue weighted by atomic mass is 9.98. The minimum Gasteiger partial charge on any atom is -0.326 e. The molecule has 2 aromatic rings. The number of aryl methyl sites for hydroxylation is 2. The molecule has 1 heterocycles. The molecule has 3 nitrogen and oxygen atoms in total. The molecule has 0 radical (unpaired) electrons. The van der Waals surface area contributed by atoms with Crippen LogP contribution >= 0.6 is 11.6 Å². The highest BCUT2D eigenvalue weighted by molar-refractivity contribution is 6.30. The predicted molar refractivity (Wildman–Crippen MR) is 80.3 cm³/mol. The van der Waals surface area contributed by atoms with Crippen molar-refractivity contribution < 1.29 is 0 Å². The van der Waals surface area contributed by atoms with Crippen molar-refractivity contribution in [1.82, 2.24) is 9.78 Å². The summed E-state index contributed by atoms with van der Waals surface area (Å²) in [6.07, 6.45) is 1.08. The average molecular weight is 278 g/mol. The lowest BCUT2D eigenvalue weighted by Crippen LogP contribution is -2.02. The second kappa shape index (κ2) is 5.76. The SMILES string of the molecule is CCCn1nc(C)c(-c2ccc(Cl)cc2CN)c1C. The Kier molecular flexibility index (Phi) is 4.27. The standard InChI is InChI=1S/C15H20ClN3/c1-4-7-19-11(3)15(10(2)18-19)14-6-5-13(16)8-12(14)9-17/h5-6,8H,4,7,9,17H2,1-3H3. The molecule has 0 aliphatic rings. The minimum absolute atomic E-state index is 0.480. The summed E-state index contributed by atoms with van der Waals surface area (Å²) in [7, 11) is 0. The number of nitrogens with two attached hydrogens (primary N) is 1. The first-order valence-electron chi connectivity index (χ1n) is 6.61. The third-order valence-corrected chi connectivity index (χ3v) is 3.61. The predicted octanol–water partition coefficient (Wildman–Crippen LogP) is 3.69. The summed E-state index contributed by atoms with van der Waals surface area (Å²) < 4.78 is 2.07. The number of halogens is 1. The van der Waals surface area contributed by atoms with Gasteiger partial charge < -0.3 is 5.73 Å². The normalized spacial score (nSPS) is 11.0. The fourth-order valence-corrected chi connectivity index (χ4v) is 2.69. The lowest BCUT2D eigenvalue weighted by molar-refractivity contribution is 0.583. The van der Waals surface area contributed by atoms with Crippen LogP contribution in [0.15, 0.2) is 18.2 Å². The summed E-state index contributed by atoms with van der Waals surface area (Å²) in [5.41, 5.74) is 11.5. The molecule has 0 atom stereocenters. The van der Waals surface area contributed by atoms with Crippen molar-refractivity contribution in [2.24, 2.45) is 5.73 Å². The maximum absolute atomic E-state index is 6.04. The van der Waals surface area contributed by atoms with Crippen molar-refractivity contribution in [3.05, 3.63) is 40.2 Å². The molecule has 2 N–H and O–H groups in total. The van der Waals surface area contributed by atoms with Gasteiger partial charge in [0.1, 0.15) is 0 Å². The van der Waals surface area contributed by atoms with Crippen molar-refractivity contribution >= 4 is 11.6 Å². The molecule has 0 unspecified atom stereocenters. The van der Waals surface area contributed by atoms with Gasteiger partial charge in [-0.2, -0.15) is 5.10 Å². The third kappa shape index (κ3) is 2.67. The van der Waals surface area contributed by atoms with Gasteiger partial charge in [-0.05, 0) is 43.5 Å². The third-order valence-electron chi connectivity index (χ3n) is 3.37. The Morgan fingerprint density at radius 2 is 2.05 bits per heavy atom. The Morgan fingerprint density at radius 3 is 2.68 bits per heavy atom. The summed E-state index contributed by atoms with van der Waals surface area (Å²) in [4.78, 5) is 0. The number of hydrogen-bond acceptors (Lipinski definition) is 2. The van der Waals surface area contributed by atoms with Crippen LogP contribution in [0, 0.1) is 13.8 Å². The molecule has 4 heteroatoms. The maximum Gasteiger partial charge on any atom is 0.0675 e. The number of hydrogen-bond donors (Lipinski definition) is 1. The Bertz CT molecular complexity index is 587. The van der Waals surface area contributed by atoms with Gasteiger partial charge in [0.25, 0.3) is 0 Å². The van der Waals surface area contributed by atoms with Crippen molar-refractivity contribution in [3.8, 4) is 11.1 Å². The first-order chi connectivity index (χ1) is 9.08. The number of aromatic nitrogens is 2. The van der Waals surface area contributed by atoms with Crippen LogP contribution in [0.5, 0.6) is 0 Å². The van der Waals surface area contributed by atoms with Crippen LogP contribution in [-0.4, -0.2) is 9.78 Å². The molecule has 19 heavy (non-hydrogen) atoms. The molecular weight excluding hydrogens is 258 g/mol. The molecule has 0 fully saturated rings. The Balaban J connectivity index is 2.58. The first kappa shape index (κ1) is 14.1. The van der Waals surface area contributed by atoms with Gasteiger partial charge in [-0.3, -0.25) is 4.68 Å². The van der Waals surface area contributed by atoms with E-state index in [9.17, 15) is 0 Å². The topological polar surface area (TPSA) is 43.8 Å². The van der Waals surface area contributed by atoms with Crippen LogP contribution in [0.3, 0.4) is 0 Å². The summed E-state index contributed by atoms with van der Waals surface area (Å²) in [6, 6.07) is 5.89. The molecule has 1 aromatic carbocycles. The minimum atomic E-state index is 0.480. The van der Waals surface area contributed by atoms with Gasteiger partial charge in [0, 0.05) is 29.4 Å². The van der Waals surface area contributed by atoms with Crippen LogP contribution in [0.2, 0.25) is 5.02 Å². The molecule has 0 spiro atoms. The van der Waals surface area contributed by atoms with Gasteiger partial charge in [-0.15, -0.1) is 0 Å². The van der Waals surface area contributed by atoms with Gasteiger partial charge >= 0.3 is 0 Å². The van der Waals surface area contributed by atoms with Crippen molar-refractivity contribution in [1.29, 1.82) is 0 Å². The summed E-state index contributed by atoms with van der Waals surface area (Å²) >= 11 is 6.04. The Hall–Kier alpha value is -1.32. The first-order valence-corrected chi connectivity index (χ1v) is 6.99. The highest BCUT2D eigenvalue weighted by Crippen LogP contribution is 2.31. The molecule has 102 valence electrons. The van der Waals surface area contributed by atoms with Gasteiger partial charge in [0.05, 0.1) is 5.69 Å². The highest BCUT2D eigenvalue weighted by atomic mass is 35.5. The van der Waals surface area contributed by atoms with Crippen molar-refractivity contribution in [2.45, 2.75) is 40.3 Å². The molecule has 0 amide bonds. The van der Waals surface area contributed by atoms with E-state index in [-0.39, 0.29) is 0 Å². The van der Waals surface area contributed by atoms with Crippen LogP contribution in [-0.2, 0) is 13.1 Å².